The van der Waals surface area contributed by atoms with Crippen LogP contribution in [0.3, 0.4) is 0 Å². The normalized spacial score (nSPS) is 29.3. The highest BCUT2D eigenvalue weighted by Crippen LogP contribution is 2.25. The van der Waals surface area contributed by atoms with Crippen LogP contribution in [0.4, 0.5) is 5.69 Å². The average molecular weight is 383 g/mol. The Morgan fingerprint density at radius 2 is 1.81 bits per heavy atom. The van der Waals surface area contributed by atoms with Gasteiger partial charge in [0.2, 0.25) is 6.29 Å². The molecule has 0 amide bonds. The molecule has 148 valence electrons. The SMILES string of the molecule is C1=CCOC=C1.O=[N+]([O-])c1ccc(O[C@@H]2O[C@H](CO)[C@@H](O)[C@H](O)[C@H]2O)cc1. The quantitative estimate of drug-likeness (QED) is 0.411. The molecule has 0 spiro atoms. The number of aliphatic hydroxyl groups is 4. The van der Waals surface area contributed by atoms with Crippen molar-refractivity contribution in [3.8, 4) is 5.75 Å². The Bertz CT molecular complexity index is 647. The second kappa shape index (κ2) is 10.00. The predicted molar refractivity (Wildman–Crippen MR) is 91.7 cm³/mol. The van der Waals surface area contributed by atoms with Gasteiger partial charge in [-0.05, 0) is 24.3 Å². The third kappa shape index (κ3) is 5.74. The summed E-state index contributed by atoms with van der Waals surface area (Å²) in [6, 6.07) is 5.03. The Balaban J connectivity index is 0.000000369. The molecule has 2 aliphatic heterocycles. The molecule has 10 heteroatoms. The van der Waals surface area contributed by atoms with E-state index in [2.05, 4.69) is 0 Å². The van der Waals surface area contributed by atoms with Gasteiger partial charge in [-0.3, -0.25) is 10.1 Å². The van der Waals surface area contributed by atoms with Crippen molar-refractivity contribution in [2.24, 2.45) is 0 Å². The average Bonchev–Trinajstić information content (AvgIpc) is 2.70. The van der Waals surface area contributed by atoms with Gasteiger partial charge < -0.3 is 34.6 Å². The maximum absolute atomic E-state index is 10.5. The van der Waals surface area contributed by atoms with E-state index in [4.69, 9.17) is 19.3 Å². The molecule has 1 saturated heterocycles. The molecule has 2 aliphatic rings. The number of nitrogens with zero attached hydrogens (tertiary/aromatic N) is 1. The third-order valence-corrected chi connectivity index (χ3v) is 3.76. The Morgan fingerprint density at radius 3 is 2.26 bits per heavy atom. The number of benzene rings is 1. The summed E-state index contributed by atoms with van der Waals surface area (Å²) in [6.07, 6.45) is 0.527. The van der Waals surface area contributed by atoms with Crippen LogP contribution in [-0.4, -0.2) is 69.3 Å². The van der Waals surface area contributed by atoms with E-state index in [0.717, 1.165) is 6.61 Å². The van der Waals surface area contributed by atoms with E-state index >= 15 is 0 Å². The van der Waals surface area contributed by atoms with Crippen molar-refractivity contribution in [3.05, 3.63) is 58.9 Å². The van der Waals surface area contributed by atoms with Crippen LogP contribution in [0.25, 0.3) is 0 Å². The lowest BCUT2D eigenvalue weighted by atomic mass is 9.99. The molecule has 10 nitrogen and oxygen atoms in total. The van der Waals surface area contributed by atoms with Crippen molar-refractivity contribution in [1.29, 1.82) is 0 Å². The van der Waals surface area contributed by atoms with E-state index in [9.17, 15) is 25.4 Å². The molecule has 3 rings (SSSR count). The molecule has 0 saturated carbocycles. The van der Waals surface area contributed by atoms with Gasteiger partial charge in [-0.15, -0.1) is 0 Å². The number of rotatable bonds is 4. The zero-order chi connectivity index (χ0) is 19.8. The van der Waals surface area contributed by atoms with Gasteiger partial charge in [0, 0.05) is 12.1 Å². The topological polar surface area (TPSA) is 152 Å². The lowest BCUT2D eigenvalue weighted by molar-refractivity contribution is -0.384. The third-order valence-electron chi connectivity index (χ3n) is 3.76. The minimum atomic E-state index is -1.54. The first kappa shape index (κ1) is 20.8. The van der Waals surface area contributed by atoms with Gasteiger partial charge in [0.05, 0.1) is 17.8 Å². The fourth-order valence-electron chi connectivity index (χ4n) is 2.29. The lowest BCUT2D eigenvalue weighted by Crippen LogP contribution is -2.60. The second-order valence-corrected chi connectivity index (χ2v) is 5.66. The van der Waals surface area contributed by atoms with Crippen LogP contribution < -0.4 is 4.74 Å². The van der Waals surface area contributed by atoms with E-state index in [1.807, 2.05) is 18.2 Å². The van der Waals surface area contributed by atoms with E-state index < -0.39 is 42.2 Å². The fourth-order valence-corrected chi connectivity index (χ4v) is 2.29. The Labute approximate surface area is 154 Å². The van der Waals surface area contributed by atoms with Crippen LogP contribution in [0.2, 0.25) is 0 Å². The molecule has 0 aromatic heterocycles. The van der Waals surface area contributed by atoms with Gasteiger partial charge in [-0.2, -0.15) is 0 Å². The molecule has 2 heterocycles. The molecule has 0 aliphatic carbocycles. The van der Waals surface area contributed by atoms with Gasteiger partial charge in [-0.1, -0.05) is 6.08 Å². The van der Waals surface area contributed by atoms with E-state index in [1.54, 1.807) is 6.26 Å². The molecule has 5 atom stereocenters. The first-order valence-corrected chi connectivity index (χ1v) is 8.09. The zero-order valence-corrected chi connectivity index (χ0v) is 14.2. The summed E-state index contributed by atoms with van der Waals surface area (Å²) >= 11 is 0. The first-order valence-electron chi connectivity index (χ1n) is 8.09. The van der Waals surface area contributed by atoms with Gasteiger partial charge in [0.25, 0.3) is 5.69 Å². The number of non-ortho nitro benzene ring substituents is 1. The van der Waals surface area contributed by atoms with Crippen LogP contribution in [-0.2, 0) is 9.47 Å². The standard InChI is InChI=1S/C12H15NO8.C5H6O/c14-5-8-9(15)10(16)11(17)12(21-8)20-7-3-1-6(2-4-7)13(18)19;1-2-4-6-5-3-1/h1-4,8-12,14-17H,5H2;1-4H,5H2/t8-,9-,10+,11-,12-;/m1./s1. The summed E-state index contributed by atoms with van der Waals surface area (Å²) < 4.78 is 15.2. The number of allylic oxidation sites excluding steroid dienone is 2. The van der Waals surface area contributed by atoms with Crippen LogP contribution in [0.1, 0.15) is 0 Å². The Kier molecular flexibility index (Phi) is 7.70. The highest BCUT2D eigenvalue weighted by Gasteiger charge is 2.44. The van der Waals surface area contributed by atoms with Crippen molar-refractivity contribution < 1.29 is 39.6 Å². The zero-order valence-electron chi connectivity index (χ0n) is 14.2. The summed E-state index contributed by atoms with van der Waals surface area (Å²) in [5, 5.41) is 48.6. The summed E-state index contributed by atoms with van der Waals surface area (Å²) in [5.74, 6) is 0.171. The summed E-state index contributed by atoms with van der Waals surface area (Å²) in [4.78, 5) is 9.95. The fraction of sp³-hybridized carbons (Fsp3) is 0.412. The van der Waals surface area contributed by atoms with Crippen LogP contribution in [0.15, 0.2) is 48.8 Å². The van der Waals surface area contributed by atoms with Crippen LogP contribution in [0.5, 0.6) is 5.75 Å². The minimum Gasteiger partial charge on any atom is -0.497 e. The largest absolute Gasteiger partial charge is 0.497 e. The minimum absolute atomic E-state index is 0.129. The molecular formula is C17H21NO9. The van der Waals surface area contributed by atoms with Gasteiger partial charge in [0.15, 0.2) is 0 Å². The Hall–Kier alpha value is -2.50. The molecule has 0 bridgehead atoms. The van der Waals surface area contributed by atoms with Crippen molar-refractivity contribution >= 4 is 5.69 Å². The molecule has 4 N–H and O–H groups in total. The van der Waals surface area contributed by atoms with Crippen LogP contribution >= 0.6 is 0 Å². The number of nitro groups is 1. The molecule has 1 aromatic carbocycles. The van der Waals surface area contributed by atoms with E-state index in [0.29, 0.717) is 0 Å². The number of ether oxygens (including phenoxy) is 3. The molecule has 1 fully saturated rings. The number of hydrogen-bond donors (Lipinski definition) is 4. The predicted octanol–water partition coefficient (Wildman–Crippen LogP) is -0.140. The molecular weight excluding hydrogens is 362 g/mol. The van der Waals surface area contributed by atoms with E-state index in [-0.39, 0.29) is 11.4 Å². The molecule has 0 unspecified atom stereocenters. The van der Waals surface area contributed by atoms with Gasteiger partial charge in [-0.25, -0.2) is 0 Å². The highest BCUT2D eigenvalue weighted by atomic mass is 16.7. The summed E-state index contributed by atoms with van der Waals surface area (Å²) in [6.45, 7) is 0.168. The van der Waals surface area contributed by atoms with Gasteiger partial charge in [0.1, 0.15) is 36.8 Å². The molecule has 0 radical (unpaired) electrons. The van der Waals surface area contributed by atoms with Crippen molar-refractivity contribution in [2.45, 2.75) is 30.7 Å². The van der Waals surface area contributed by atoms with Crippen molar-refractivity contribution in [1.82, 2.24) is 0 Å². The smallest absolute Gasteiger partial charge is 0.269 e. The van der Waals surface area contributed by atoms with E-state index in [1.165, 1.54) is 24.3 Å². The summed E-state index contributed by atoms with van der Waals surface area (Å²) in [5.41, 5.74) is -0.129. The Morgan fingerprint density at radius 1 is 1.11 bits per heavy atom. The van der Waals surface area contributed by atoms with Crippen molar-refractivity contribution in [3.63, 3.8) is 0 Å². The molecule has 1 aromatic rings. The van der Waals surface area contributed by atoms with Crippen molar-refractivity contribution in [2.75, 3.05) is 13.2 Å². The molecule has 27 heavy (non-hydrogen) atoms. The first-order chi connectivity index (χ1) is 12.9. The highest BCUT2D eigenvalue weighted by molar-refractivity contribution is 5.36. The van der Waals surface area contributed by atoms with Crippen LogP contribution in [0, 0.1) is 10.1 Å². The lowest BCUT2D eigenvalue weighted by Gasteiger charge is -2.39. The number of hydrogen-bond acceptors (Lipinski definition) is 9. The maximum Gasteiger partial charge on any atom is 0.269 e. The maximum atomic E-state index is 10.5. The monoisotopic (exact) mass is 383 g/mol. The summed E-state index contributed by atoms with van der Waals surface area (Å²) in [7, 11) is 0. The number of nitro benzene ring substituents is 1. The second-order valence-electron chi connectivity index (χ2n) is 5.66. The van der Waals surface area contributed by atoms with Gasteiger partial charge >= 0.3 is 0 Å². The number of aliphatic hydroxyl groups excluding tert-OH is 4.